The molecule has 1 amide bonds. The highest BCUT2D eigenvalue weighted by molar-refractivity contribution is 9.11. The van der Waals surface area contributed by atoms with Crippen molar-refractivity contribution < 1.29 is 14.3 Å². The molecule has 106 valence electrons. The van der Waals surface area contributed by atoms with Crippen molar-refractivity contribution in [2.75, 3.05) is 19.5 Å². The zero-order valence-corrected chi connectivity index (χ0v) is 13.5. The van der Waals surface area contributed by atoms with Gasteiger partial charge < -0.3 is 9.47 Å². The first-order chi connectivity index (χ1) is 9.53. The van der Waals surface area contributed by atoms with Crippen LogP contribution in [-0.2, 0) is 0 Å². The Bertz CT molecular complexity index is 603. The lowest BCUT2D eigenvalue weighted by atomic mass is 10.3. The van der Waals surface area contributed by atoms with Crippen LogP contribution in [0.1, 0.15) is 15.2 Å². The van der Waals surface area contributed by atoms with E-state index in [2.05, 4.69) is 31.2 Å². The Hall–Kier alpha value is -1.67. The number of halogens is 1. The van der Waals surface area contributed by atoms with Crippen LogP contribution in [0.2, 0.25) is 0 Å². The molecule has 0 unspecified atom stereocenters. The molecule has 0 atom stereocenters. The summed E-state index contributed by atoms with van der Waals surface area (Å²) >= 11 is 4.73. The van der Waals surface area contributed by atoms with E-state index in [4.69, 9.17) is 9.47 Å². The summed E-state index contributed by atoms with van der Waals surface area (Å²) < 4.78 is 11.0. The Kier molecular flexibility index (Phi) is 4.56. The van der Waals surface area contributed by atoms with E-state index in [-0.39, 0.29) is 11.9 Å². The van der Waals surface area contributed by atoms with E-state index in [0.29, 0.717) is 16.6 Å². The van der Waals surface area contributed by atoms with Gasteiger partial charge in [-0.1, -0.05) is 0 Å². The normalized spacial score (nSPS) is 10.2. The molecule has 0 saturated carbocycles. The lowest BCUT2D eigenvalue weighted by molar-refractivity contribution is 0.102. The minimum absolute atomic E-state index is 0.133. The van der Waals surface area contributed by atoms with Gasteiger partial charge in [-0.2, -0.15) is 9.97 Å². The van der Waals surface area contributed by atoms with E-state index in [1.54, 1.807) is 6.07 Å². The first kappa shape index (κ1) is 14.7. The molecule has 0 aromatic carbocycles. The maximum Gasteiger partial charge on any atom is 0.268 e. The largest absolute Gasteiger partial charge is 0.481 e. The fourth-order valence-corrected chi connectivity index (χ4v) is 2.83. The summed E-state index contributed by atoms with van der Waals surface area (Å²) in [6.07, 6.45) is 0. The first-order valence-corrected chi connectivity index (χ1v) is 7.18. The highest BCUT2D eigenvalue weighted by Gasteiger charge is 2.14. The summed E-state index contributed by atoms with van der Waals surface area (Å²) in [5.74, 6) is 0.485. The van der Waals surface area contributed by atoms with E-state index in [1.807, 2.05) is 6.92 Å². The summed E-state index contributed by atoms with van der Waals surface area (Å²) in [7, 11) is 2.96. The summed E-state index contributed by atoms with van der Waals surface area (Å²) in [4.78, 5) is 20.7. The monoisotopic (exact) mass is 357 g/mol. The van der Waals surface area contributed by atoms with Crippen LogP contribution in [0.4, 0.5) is 5.95 Å². The van der Waals surface area contributed by atoms with Gasteiger partial charge >= 0.3 is 0 Å². The minimum Gasteiger partial charge on any atom is -0.481 e. The number of ether oxygens (including phenoxy) is 2. The molecule has 2 aromatic heterocycles. The van der Waals surface area contributed by atoms with Crippen LogP contribution >= 0.6 is 27.3 Å². The van der Waals surface area contributed by atoms with E-state index in [9.17, 15) is 4.79 Å². The van der Waals surface area contributed by atoms with Crippen molar-refractivity contribution in [3.8, 4) is 11.8 Å². The molecule has 0 bridgehead atoms. The maximum atomic E-state index is 12.1. The molecular weight excluding hydrogens is 346 g/mol. The summed E-state index contributed by atoms with van der Waals surface area (Å²) in [5.41, 5.74) is 1.00. The molecule has 0 aliphatic carbocycles. The second kappa shape index (κ2) is 6.19. The SMILES string of the molecule is COc1cc(OC)nc(NC(=O)c2cc(C)c(Br)s2)n1. The van der Waals surface area contributed by atoms with Gasteiger partial charge in [0.25, 0.3) is 5.91 Å². The van der Waals surface area contributed by atoms with Crippen LogP contribution in [0.3, 0.4) is 0 Å². The molecule has 0 aliphatic heterocycles. The number of methoxy groups -OCH3 is 2. The van der Waals surface area contributed by atoms with E-state index < -0.39 is 0 Å². The van der Waals surface area contributed by atoms with Crippen LogP contribution < -0.4 is 14.8 Å². The molecule has 0 radical (unpaired) electrons. The lowest BCUT2D eigenvalue weighted by Crippen LogP contribution is -2.13. The molecule has 2 rings (SSSR count). The molecule has 0 aliphatic rings. The maximum absolute atomic E-state index is 12.1. The molecule has 2 aromatic rings. The van der Waals surface area contributed by atoms with Gasteiger partial charge in [-0.05, 0) is 34.5 Å². The molecule has 1 N–H and O–H groups in total. The van der Waals surface area contributed by atoms with Gasteiger partial charge in [0.2, 0.25) is 17.7 Å². The number of thiophene rings is 1. The molecule has 0 fully saturated rings. The predicted molar refractivity (Wildman–Crippen MR) is 79.8 cm³/mol. The number of hydrogen-bond donors (Lipinski definition) is 1. The Morgan fingerprint density at radius 1 is 1.25 bits per heavy atom. The average Bonchev–Trinajstić information content (AvgIpc) is 2.78. The third-order valence-corrected chi connectivity index (χ3v) is 4.54. The first-order valence-electron chi connectivity index (χ1n) is 5.58. The highest BCUT2D eigenvalue weighted by Crippen LogP contribution is 2.28. The molecule has 20 heavy (non-hydrogen) atoms. The van der Waals surface area contributed by atoms with E-state index in [0.717, 1.165) is 9.35 Å². The van der Waals surface area contributed by atoms with Gasteiger partial charge in [-0.25, -0.2) is 0 Å². The van der Waals surface area contributed by atoms with Gasteiger partial charge in [-0.15, -0.1) is 11.3 Å². The summed E-state index contributed by atoms with van der Waals surface area (Å²) in [6.45, 7) is 1.92. The Morgan fingerprint density at radius 3 is 2.30 bits per heavy atom. The number of anilines is 1. The number of aryl methyl sites for hydroxylation is 1. The van der Waals surface area contributed by atoms with Crippen molar-refractivity contribution >= 4 is 39.1 Å². The molecule has 6 nitrogen and oxygen atoms in total. The molecular formula is C12H12BrN3O3S. The van der Waals surface area contributed by atoms with Gasteiger partial charge in [0.1, 0.15) is 0 Å². The Labute approximate surface area is 128 Å². The number of rotatable bonds is 4. The molecule has 2 heterocycles. The quantitative estimate of drug-likeness (QED) is 0.910. The van der Waals surface area contributed by atoms with Crippen molar-refractivity contribution in [2.45, 2.75) is 6.92 Å². The van der Waals surface area contributed by atoms with Crippen LogP contribution in [0.25, 0.3) is 0 Å². The summed E-state index contributed by atoms with van der Waals surface area (Å²) in [5, 5.41) is 2.62. The number of amides is 1. The van der Waals surface area contributed by atoms with Gasteiger partial charge in [0, 0.05) is 0 Å². The van der Waals surface area contributed by atoms with Crippen molar-refractivity contribution in [1.29, 1.82) is 0 Å². The topological polar surface area (TPSA) is 73.3 Å². The van der Waals surface area contributed by atoms with Crippen LogP contribution in [-0.4, -0.2) is 30.1 Å². The van der Waals surface area contributed by atoms with Crippen molar-refractivity contribution in [3.63, 3.8) is 0 Å². The fraction of sp³-hybridized carbons (Fsp3) is 0.250. The minimum atomic E-state index is -0.279. The smallest absolute Gasteiger partial charge is 0.268 e. The average molecular weight is 358 g/mol. The Morgan fingerprint density at radius 2 is 1.85 bits per heavy atom. The second-order valence-corrected chi connectivity index (χ2v) is 6.17. The van der Waals surface area contributed by atoms with E-state index >= 15 is 0 Å². The predicted octanol–water partition coefficient (Wildman–Crippen LogP) is 2.88. The number of nitrogens with zero attached hydrogens (tertiary/aromatic N) is 2. The van der Waals surface area contributed by atoms with Gasteiger partial charge in [0.05, 0.1) is 28.9 Å². The Balaban J connectivity index is 2.22. The number of carbonyl (C=O) groups excluding carboxylic acids is 1. The van der Waals surface area contributed by atoms with Crippen LogP contribution in [0.15, 0.2) is 15.9 Å². The van der Waals surface area contributed by atoms with Gasteiger partial charge in [0.15, 0.2) is 0 Å². The summed E-state index contributed by atoms with van der Waals surface area (Å²) in [6, 6.07) is 3.32. The highest BCUT2D eigenvalue weighted by atomic mass is 79.9. The molecule has 8 heteroatoms. The lowest BCUT2D eigenvalue weighted by Gasteiger charge is -2.06. The number of aromatic nitrogens is 2. The zero-order valence-electron chi connectivity index (χ0n) is 11.1. The molecule has 0 spiro atoms. The standard InChI is InChI=1S/C12H12BrN3O3S/c1-6-4-7(20-10(6)13)11(17)16-12-14-8(18-2)5-9(15-12)19-3/h4-5H,1-3H3,(H,14,15,16,17). The van der Waals surface area contributed by atoms with Crippen molar-refractivity contribution in [2.24, 2.45) is 0 Å². The van der Waals surface area contributed by atoms with Crippen molar-refractivity contribution in [3.05, 3.63) is 26.4 Å². The zero-order chi connectivity index (χ0) is 14.7. The van der Waals surface area contributed by atoms with Crippen LogP contribution in [0.5, 0.6) is 11.8 Å². The van der Waals surface area contributed by atoms with Gasteiger partial charge in [-0.3, -0.25) is 10.1 Å². The number of hydrogen-bond acceptors (Lipinski definition) is 6. The van der Waals surface area contributed by atoms with Crippen LogP contribution in [0, 0.1) is 6.92 Å². The number of carbonyl (C=O) groups is 1. The van der Waals surface area contributed by atoms with E-state index in [1.165, 1.54) is 31.6 Å². The second-order valence-electron chi connectivity index (χ2n) is 3.80. The van der Waals surface area contributed by atoms with Crippen molar-refractivity contribution in [1.82, 2.24) is 9.97 Å². The molecule has 0 saturated heterocycles. The fourth-order valence-electron chi connectivity index (χ4n) is 1.40. The third kappa shape index (κ3) is 3.26. The number of nitrogens with one attached hydrogen (secondary N) is 1. The third-order valence-electron chi connectivity index (χ3n) is 2.40.